The van der Waals surface area contributed by atoms with Gasteiger partial charge < -0.3 is 10.6 Å². The first-order valence-corrected chi connectivity index (χ1v) is 10.6. The van der Waals surface area contributed by atoms with E-state index in [0.717, 1.165) is 34.6 Å². The number of rotatable bonds is 5. The van der Waals surface area contributed by atoms with Crippen LogP contribution in [-0.2, 0) is 0 Å². The Labute approximate surface area is 183 Å². The third kappa shape index (κ3) is 5.83. The van der Waals surface area contributed by atoms with Gasteiger partial charge in [0.15, 0.2) is 0 Å². The zero-order valence-electron chi connectivity index (χ0n) is 17.9. The van der Waals surface area contributed by atoms with E-state index in [1.165, 1.54) is 0 Å². The van der Waals surface area contributed by atoms with Gasteiger partial charge in [0.25, 0.3) is 5.91 Å². The number of nitrogens with one attached hydrogen (secondary N) is 2. The van der Waals surface area contributed by atoms with Crippen LogP contribution in [0.15, 0.2) is 71.5 Å². The molecule has 0 bridgehead atoms. The smallest absolute Gasteiger partial charge is 0.255 e. The molecule has 1 aliphatic rings. The maximum Gasteiger partial charge on any atom is 0.255 e. The fourth-order valence-corrected chi connectivity index (χ4v) is 3.64. The molecular weight excluding hydrogens is 394 g/mol. The minimum Gasteiger partial charge on any atom is -0.364 e. The molecule has 30 heavy (non-hydrogen) atoms. The fourth-order valence-electron chi connectivity index (χ4n) is 3.46. The van der Waals surface area contributed by atoms with Gasteiger partial charge in [-0.1, -0.05) is 48.4 Å². The Bertz CT molecular complexity index is 1020. The quantitative estimate of drug-likeness (QED) is 0.596. The molecule has 0 saturated carbocycles. The summed E-state index contributed by atoms with van der Waals surface area (Å²) >= 11 is 6.18. The molecule has 1 aliphatic heterocycles. The van der Waals surface area contributed by atoms with E-state index >= 15 is 0 Å². The van der Waals surface area contributed by atoms with Gasteiger partial charge in [-0.25, -0.2) is 4.99 Å². The summed E-state index contributed by atoms with van der Waals surface area (Å²) in [5, 5.41) is 6.93. The Kier molecular flexibility index (Phi) is 7.11. The number of aryl methyl sites for hydroxylation is 2. The Morgan fingerprint density at radius 2 is 2.00 bits per heavy atom. The lowest BCUT2D eigenvalue weighted by Crippen LogP contribution is -2.20. The zero-order valence-corrected chi connectivity index (χ0v) is 18.6. The van der Waals surface area contributed by atoms with Gasteiger partial charge in [-0.3, -0.25) is 4.79 Å². The number of nitrogens with zero attached hydrogens (tertiary/aromatic N) is 1. The highest BCUT2D eigenvalue weighted by molar-refractivity contribution is 6.68. The number of anilines is 1. The maximum atomic E-state index is 12.6. The normalized spacial score (nSPS) is 18.4. The van der Waals surface area contributed by atoms with Crippen molar-refractivity contribution in [1.82, 2.24) is 5.32 Å². The lowest BCUT2D eigenvalue weighted by Gasteiger charge is -2.20. The van der Waals surface area contributed by atoms with Crippen LogP contribution in [0.3, 0.4) is 0 Å². The Morgan fingerprint density at radius 3 is 2.77 bits per heavy atom. The van der Waals surface area contributed by atoms with Crippen LogP contribution in [0.1, 0.15) is 53.4 Å². The first-order chi connectivity index (χ1) is 14.3. The van der Waals surface area contributed by atoms with E-state index in [4.69, 9.17) is 11.6 Å². The predicted octanol–water partition coefficient (Wildman–Crippen LogP) is 6.28. The number of hydrogen-bond acceptors (Lipinski definition) is 3. The van der Waals surface area contributed by atoms with Gasteiger partial charge in [-0.2, -0.15) is 0 Å². The van der Waals surface area contributed by atoms with E-state index in [0.29, 0.717) is 16.7 Å². The number of carbonyl (C=O) groups is 1. The average Bonchev–Trinajstić information content (AvgIpc) is 2.68. The maximum absolute atomic E-state index is 12.6. The number of hydrogen-bond donors (Lipinski definition) is 2. The summed E-state index contributed by atoms with van der Waals surface area (Å²) in [5.74, 6) is 1.01. The van der Waals surface area contributed by atoms with Crippen molar-refractivity contribution in [3.8, 4) is 0 Å². The van der Waals surface area contributed by atoms with E-state index in [1.54, 1.807) is 0 Å². The van der Waals surface area contributed by atoms with Gasteiger partial charge >= 0.3 is 0 Å². The van der Waals surface area contributed by atoms with E-state index in [2.05, 4.69) is 42.5 Å². The third-order valence-corrected chi connectivity index (χ3v) is 5.29. The van der Waals surface area contributed by atoms with Gasteiger partial charge in [-0.05, 0) is 80.7 Å². The summed E-state index contributed by atoms with van der Waals surface area (Å²) in [6.07, 6.45) is 6.90. The van der Waals surface area contributed by atoms with Crippen molar-refractivity contribution in [1.29, 1.82) is 0 Å². The molecule has 2 aromatic carbocycles. The molecule has 2 aromatic rings. The van der Waals surface area contributed by atoms with Gasteiger partial charge in [0.2, 0.25) is 0 Å². The van der Waals surface area contributed by atoms with Crippen LogP contribution in [0.25, 0.3) is 0 Å². The second-order valence-electron chi connectivity index (χ2n) is 7.86. The largest absolute Gasteiger partial charge is 0.364 e. The van der Waals surface area contributed by atoms with Crippen LogP contribution in [0, 0.1) is 19.8 Å². The molecule has 0 fully saturated rings. The van der Waals surface area contributed by atoms with Crippen molar-refractivity contribution in [3.63, 3.8) is 0 Å². The van der Waals surface area contributed by atoms with Gasteiger partial charge in [-0.15, -0.1) is 0 Å². The van der Waals surface area contributed by atoms with Crippen LogP contribution < -0.4 is 10.6 Å². The average molecular weight is 422 g/mol. The molecule has 0 radical (unpaired) electrons. The van der Waals surface area contributed by atoms with E-state index in [9.17, 15) is 4.79 Å². The molecule has 4 nitrogen and oxygen atoms in total. The summed E-state index contributed by atoms with van der Waals surface area (Å²) in [6, 6.07) is 13.5. The highest BCUT2D eigenvalue weighted by Crippen LogP contribution is 2.24. The van der Waals surface area contributed by atoms with Crippen molar-refractivity contribution in [2.24, 2.45) is 10.9 Å². The van der Waals surface area contributed by atoms with E-state index in [-0.39, 0.29) is 11.9 Å². The van der Waals surface area contributed by atoms with Gasteiger partial charge in [0.05, 0.1) is 6.04 Å². The second kappa shape index (κ2) is 9.77. The summed E-state index contributed by atoms with van der Waals surface area (Å²) in [6.45, 7) is 8.27. The first-order valence-electron chi connectivity index (χ1n) is 10.2. The number of allylic oxidation sites excluding steroid dienone is 3. The van der Waals surface area contributed by atoms with Crippen LogP contribution in [-0.4, -0.2) is 11.1 Å². The van der Waals surface area contributed by atoms with Gasteiger partial charge in [0, 0.05) is 11.3 Å². The molecule has 1 heterocycles. The standard InChI is InChI=1S/C25H28ClN3O/c1-16-7-5-9-20(13-16)25(30)28-21-12-11-18(3)22(15-21)19(4)27-24-14-17(2)8-6-10-23(26)29-24/h5-7,9-15,17,19,27H,8H2,1-4H3,(H,28,30)/b10-6+,24-14?,29-23?/t17?,19-/m0/s1. The molecule has 1 unspecified atom stereocenters. The minimum atomic E-state index is -0.117. The summed E-state index contributed by atoms with van der Waals surface area (Å²) in [4.78, 5) is 17.1. The van der Waals surface area contributed by atoms with Crippen molar-refractivity contribution in [2.45, 2.75) is 40.2 Å². The highest BCUT2D eigenvalue weighted by atomic mass is 35.5. The molecule has 1 amide bonds. The predicted molar refractivity (Wildman–Crippen MR) is 126 cm³/mol. The Balaban J connectivity index is 1.79. The zero-order chi connectivity index (χ0) is 21.7. The van der Waals surface area contributed by atoms with E-state index < -0.39 is 0 Å². The molecule has 0 saturated heterocycles. The minimum absolute atomic E-state index is 0.00380. The topological polar surface area (TPSA) is 53.5 Å². The van der Waals surface area contributed by atoms with Crippen LogP contribution in [0.2, 0.25) is 0 Å². The van der Waals surface area contributed by atoms with Crippen molar-refractivity contribution >= 4 is 28.4 Å². The van der Waals surface area contributed by atoms with Crippen LogP contribution in [0.4, 0.5) is 5.69 Å². The molecule has 0 aromatic heterocycles. The van der Waals surface area contributed by atoms with Crippen molar-refractivity contribution in [3.05, 3.63) is 88.8 Å². The molecular formula is C25H28ClN3O. The van der Waals surface area contributed by atoms with Crippen molar-refractivity contribution < 1.29 is 4.79 Å². The summed E-state index contributed by atoms with van der Waals surface area (Å²) < 4.78 is 0. The molecule has 2 atom stereocenters. The number of amides is 1. The third-order valence-electron chi connectivity index (χ3n) is 5.08. The number of halogens is 1. The molecule has 156 valence electrons. The molecule has 3 rings (SSSR count). The highest BCUT2D eigenvalue weighted by Gasteiger charge is 2.14. The van der Waals surface area contributed by atoms with Crippen LogP contribution in [0.5, 0.6) is 0 Å². The monoisotopic (exact) mass is 421 g/mol. The summed E-state index contributed by atoms with van der Waals surface area (Å²) in [7, 11) is 0. The number of benzene rings is 2. The summed E-state index contributed by atoms with van der Waals surface area (Å²) in [5.41, 5.74) is 4.70. The molecule has 2 N–H and O–H groups in total. The van der Waals surface area contributed by atoms with Crippen LogP contribution >= 0.6 is 11.6 Å². The lowest BCUT2D eigenvalue weighted by atomic mass is 10.0. The van der Waals surface area contributed by atoms with Gasteiger partial charge in [0.1, 0.15) is 11.0 Å². The fraction of sp³-hybridized carbons (Fsp3) is 0.280. The second-order valence-corrected chi connectivity index (χ2v) is 8.25. The molecule has 0 spiro atoms. The Hall–Kier alpha value is -2.85. The number of carbonyl (C=O) groups excluding carboxylic acids is 1. The lowest BCUT2D eigenvalue weighted by molar-refractivity contribution is 0.102. The van der Waals surface area contributed by atoms with E-state index in [1.807, 2.05) is 61.5 Å². The first kappa shape index (κ1) is 21.8. The Morgan fingerprint density at radius 1 is 1.20 bits per heavy atom. The van der Waals surface area contributed by atoms with Crippen molar-refractivity contribution in [2.75, 3.05) is 5.32 Å². The molecule has 0 aliphatic carbocycles. The molecule has 5 heteroatoms. The number of aliphatic imine (C=N–C) groups is 1. The SMILES string of the molecule is Cc1cccc(C(=O)Nc2ccc(C)c([C@H](C)NC3=CC(C)C/C=C/C(Cl)=N3)c2)c1.